The smallest absolute Gasteiger partial charge is 0.248 e. The Bertz CT molecular complexity index is 676. The second-order valence-corrected chi connectivity index (χ2v) is 5.75. The fourth-order valence-electron chi connectivity index (χ4n) is 2.78. The molecule has 1 aliphatic heterocycles. The number of benzene rings is 1. The Labute approximate surface area is 136 Å². The molecule has 1 saturated heterocycles. The van der Waals surface area contributed by atoms with Gasteiger partial charge in [0.1, 0.15) is 0 Å². The first-order valence-corrected chi connectivity index (χ1v) is 8.00. The standard InChI is InChI=1S/C19H21N3O/c23-19(10-9-16-6-5-11-20-14-16)21-18-8-2-1-7-17(18)15-22-12-3-4-13-22/h1-2,5-11,14H,3-4,12-13,15H2,(H,21,23). The molecule has 0 aliphatic carbocycles. The van der Waals surface area contributed by atoms with E-state index in [1.165, 1.54) is 12.8 Å². The Hall–Kier alpha value is -2.46. The molecule has 3 rings (SSSR count). The van der Waals surface area contributed by atoms with Gasteiger partial charge in [-0.05, 0) is 55.3 Å². The van der Waals surface area contributed by atoms with Gasteiger partial charge in [-0.2, -0.15) is 0 Å². The molecule has 1 aromatic carbocycles. The molecule has 0 bridgehead atoms. The number of likely N-dealkylation sites (tertiary alicyclic amines) is 1. The molecule has 1 aliphatic rings. The first kappa shape index (κ1) is 15.4. The minimum atomic E-state index is -0.122. The van der Waals surface area contributed by atoms with Crippen LogP contribution in [0, 0.1) is 0 Å². The summed E-state index contributed by atoms with van der Waals surface area (Å²) in [5.74, 6) is -0.122. The van der Waals surface area contributed by atoms with Crippen LogP contribution in [0.4, 0.5) is 5.69 Å². The summed E-state index contributed by atoms with van der Waals surface area (Å²) in [6, 6.07) is 11.8. The van der Waals surface area contributed by atoms with Crippen molar-refractivity contribution in [1.82, 2.24) is 9.88 Å². The third-order valence-electron chi connectivity index (χ3n) is 3.98. The van der Waals surface area contributed by atoms with Crippen LogP contribution >= 0.6 is 0 Å². The van der Waals surface area contributed by atoms with E-state index >= 15 is 0 Å². The minimum Gasteiger partial charge on any atom is -0.322 e. The summed E-state index contributed by atoms with van der Waals surface area (Å²) in [7, 11) is 0. The third-order valence-corrected chi connectivity index (χ3v) is 3.98. The van der Waals surface area contributed by atoms with Crippen LogP contribution in [0.2, 0.25) is 0 Å². The number of anilines is 1. The number of nitrogens with one attached hydrogen (secondary N) is 1. The number of para-hydroxylation sites is 1. The molecular formula is C19H21N3O. The highest BCUT2D eigenvalue weighted by Crippen LogP contribution is 2.20. The molecular weight excluding hydrogens is 286 g/mol. The van der Waals surface area contributed by atoms with Gasteiger partial charge < -0.3 is 5.32 Å². The Balaban J connectivity index is 1.65. The van der Waals surface area contributed by atoms with E-state index in [-0.39, 0.29) is 5.91 Å². The van der Waals surface area contributed by atoms with E-state index in [4.69, 9.17) is 0 Å². The lowest BCUT2D eigenvalue weighted by atomic mass is 10.1. The van der Waals surface area contributed by atoms with E-state index < -0.39 is 0 Å². The Morgan fingerprint density at radius 3 is 2.78 bits per heavy atom. The Morgan fingerprint density at radius 2 is 2.00 bits per heavy atom. The van der Waals surface area contributed by atoms with Crippen molar-refractivity contribution in [3.63, 3.8) is 0 Å². The maximum Gasteiger partial charge on any atom is 0.248 e. The lowest BCUT2D eigenvalue weighted by molar-refractivity contribution is -0.111. The Morgan fingerprint density at radius 1 is 1.17 bits per heavy atom. The van der Waals surface area contributed by atoms with E-state index in [9.17, 15) is 4.79 Å². The minimum absolute atomic E-state index is 0.122. The molecule has 4 nitrogen and oxygen atoms in total. The predicted molar refractivity (Wildman–Crippen MR) is 92.9 cm³/mol. The lowest BCUT2D eigenvalue weighted by Gasteiger charge is -2.17. The summed E-state index contributed by atoms with van der Waals surface area (Å²) in [5, 5.41) is 2.98. The molecule has 23 heavy (non-hydrogen) atoms. The van der Waals surface area contributed by atoms with Gasteiger partial charge in [-0.3, -0.25) is 14.7 Å². The number of carbonyl (C=O) groups is 1. The molecule has 0 radical (unpaired) electrons. The highest BCUT2D eigenvalue weighted by molar-refractivity contribution is 6.02. The van der Waals surface area contributed by atoms with Crippen LogP contribution in [0.1, 0.15) is 24.0 Å². The number of pyridine rings is 1. The lowest BCUT2D eigenvalue weighted by Crippen LogP contribution is -2.20. The largest absolute Gasteiger partial charge is 0.322 e. The summed E-state index contributed by atoms with van der Waals surface area (Å²) in [6.07, 6.45) is 9.29. The summed E-state index contributed by atoms with van der Waals surface area (Å²) in [5.41, 5.74) is 2.96. The van der Waals surface area contributed by atoms with Crippen molar-refractivity contribution in [2.45, 2.75) is 19.4 Å². The number of carbonyl (C=O) groups excluding carboxylic acids is 1. The van der Waals surface area contributed by atoms with Crippen LogP contribution in [0.15, 0.2) is 54.9 Å². The number of amides is 1. The maximum atomic E-state index is 12.1. The molecule has 1 N–H and O–H groups in total. The summed E-state index contributed by atoms with van der Waals surface area (Å²) in [4.78, 5) is 18.6. The molecule has 2 aromatic rings. The SMILES string of the molecule is O=C(C=Cc1cccnc1)Nc1ccccc1CN1CCCC1. The highest BCUT2D eigenvalue weighted by atomic mass is 16.1. The number of aromatic nitrogens is 1. The zero-order chi connectivity index (χ0) is 15.9. The highest BCUT2D eigenvalue weighted by Gasteiger charge is 2.13. The van der Waals surface area contributed by atoms with Crippen LogP contribution in [0.25, 0.3) is 6.08 Å². The van der Waals surface area contributed by atoms with Crippen molar-refractivity contribution in [2.24, 2.45) is 0 Å². The number of hydrogen-bond donors (Lipinski definition) is 1. The van der Waals surface area contributed by atoms with E-state index in [0.717, 1.165) is 36.4 Å². The maximum absolute atomic E-state index is 12.1. The summed E-state index contributed by atoms with van der Waals surface area (Å²) in [6.45, 7) is 3.18. The fourth-order valence-corrected chi connectivity index (χ4v) is 2.78. The van der Waals surface area contributed by atoms with Gasteiger partial charge in [0.25, 0.3) is 0 Å². The monoisotopic (exact) mass is 307 g/mol. The molecule has 1 amide bonds. The predicted octanol–water partition coefficient (Wildman–Crippen LogP) is 3.33. The molecule has 0 atom stereocenters. The first-order chi connectivity index (χ1) is 11.3. The van der Waals surface area contributed by atoms with Crippen molar-refractivity contribution in [2.75, 3.05) is 18.4 Å². The Kier molecular flexibility index (Phi) is 5.17. The summed E-state index contributed by atoms with van der Waals surface area (Å²) < 4.78 is 0. The topological polar surface area (TPSA) is 45.2 Å². The summed E-state index contributed by atoms with van der Waals surface area (Å²) >= 11 is 0. The molecule has 0 saturated carbocycles. The van der Waals surface area contributed by atoms with Crippen LogP contribution < -0.4 is 5.32 Å². The number of rotatable bonds is 5. The zero-order valence-corrected chi connectivity index (χ0v) is 13.1. The average molecular weight is 307 g/mol. The van der Waals surface area contributed by atoms with Gasteiger partial charge in [-0.15, -0.1) is 0 Å². The molecule has 1 aromatic heterocycles. The molecule has 2 heterocycles. The van der Waals surface area contributed by atoms with Crippen molar-refractivity contribution < 1.29 is 4.79 Å². The van der Waals surface area contributed by atoms with Crippen LogP contribution in [0.3, 0.4) is 0 Å². The number of nitrogens with zero attached hydrogens (tertiary/aromatic N) is 2. The van der Waals surface area contributed by atoms with Crippen molar-refractivity contribution >= 4 is 17.7 Å². The van der Waals surface area contributed by atoms with Crippen LogP contribution in [0.5, 0.6) is 0 Å². The van der Waals surface area contributed by atoms with Crippen LogP contribution in [-0.4, -0.2) is 28.9 Å². The van der Waals surface area contributed by atoms with Gasteiger partial charge in [0, 0.05) is 30.7 Å². The van der Waals surface area contributed by atoms with Gasteiger partial charge in [0.15, 0.2) is 0 Å². The van der Waals surface area contributed by atoms with Gasteiger partial charge in [-0.25, -0.2) is 0 Å². The van der Waals surface area contributed by atoms with Crippen LogP contribution in [-0.2, 0) is 11.3 Å². The van der Waals surface area contributed by atoms with Crippen molar-refractivity contribution in [1.29, 1.82) is 0 Å². The van der Waals surface area contributed by atoms with Gasteiger partial charge in [-0.1, -0.05) is 24.3 Å². The molecule has 0 spiro atoms. The van der Waals surface area contributed by atoms with Gasteiger partial charge in [0.05, 0.1) is 0 Å². The molecule has 1 fully saturated rings. The fraction of sp³-hybridized carbons (Fsp3) is 0.263. The molecule has 0 unspecified atom stereocenters. The van der Waals surface area contributed by atoms with Crippen molar-refractivity contribution in [3.05, 3.63) is 66.0 Å². The normalized spacial score (nSPS) is 15.1. The molecule has 118 valence electrons. The zero-order valence-electron chi connectivity index (χ0n) is 13.1. The van der Waals surface area contributed by atoms with Gasteiger partial charge in [0.2, 0.25) is 5.91 Å². The van der Waals surface area contributed by atoms with E-state index in [1.54, 1.807) is 24.5 Å². The van der Waals surface area contributed by atoms with E-state index in [2.05, 4.69) is 21.3 Å². The van der Waals surface area contributed by atoms with Crippen molar-refractivity contribution in [3.8, 4) is 0 Å². The average Bonchev–Trinajstić information content (AvgIpc) is 3.09. The van der Waals surface area contributed by atoms with E-state index in [0.29, 0.717) is 0 Å². The molecule has 4 heteroatoms. The number of hydrogen-bond acceptors (Lipinski definition) is 3. The third kappa shape index (κ3) is 4.50. The second kappa shape index (κ2) is 7.70. The van der Waals surface area contributed by atoms with Gasteiger partial charge >= 0.3 is 0 Å². The second-order valence-electron chi connectivity index (χ2n) is 5.75. The first-order valence-electron chi connectivity index (χ1n) is 8.00. The van der Waals surface area contributed by atoms with E-state index in [1.807, 2.05) is 30.3 Å². The quantitative estimate of drug-likeness (QED) is 0.862.